The Morgan fingerprint density at radius 3 is 2.12 bits per heavy atom. The van der Waals surface area contributed by atoms with E-state index in [2.05, 4.69) is 5.32 Å². The van der Waals surface area contributed by atoms with Gasteiger partial charge in [0.15, 0.2) is 6.10 Å². The van der Waals surface area contributed by atoms with Crippen LogP contribution in [0.2, 0.25) is 0 Å². The molecule has 0 spiro atoms. The number of nitrogens with one attached hydrogen (secondary N) is 1. The number of ketones is 1. The Morgan fingerprint density at radius 2 is 1.50 bits per heavy atom. The quantitative estimate of drug-likeness (QED) is 0.626. The minimum atomic E-state index is -0.878. The second-order valence-corrected chi connectivity index (χ2v) is 5.28. The number of esters is 1. The van der Waals surface area contributed by atoms with E-state index in [0.29, 0.717) is 11.3 Å². The van der Waals surface area contributed by atoms with Crippen LogP contribution in [-0.4, -0.2) is 23.8 Å². The summed E-state index contributed by atoms with van der Waals surface area (Å²) in [5.41, 5.74) is 1.16. The Morgan fingerprint density at radius 1 is 0.917 bits per heavy atom. The molecule has 0 aliphatic rings. The molecule has 1 unspecified atom stereocenters. The molecular formula is C19H19NO4. The van der Waals surface area contributed by atoms with E-state index in [1.54, 1.807) is 54.6 Å². The molecule has 0 aliphatic heterocycles. The van der Waals surface area contributed by atoms with E-state index in [1.165, 1.54) is 6.92 Å². The van der Waals surface area contributed by atoms with Crippen molar-refractivity contribution in [2.24, 2.45) is 0 Å². The first kappa shape index (κ1) is 17.4. The highest BCUT2D eigenvalue weighted by molar-refractivity contribution is 6.00. The fourth-order valence-electron chi connectivity index (χ4n) is 2.11. The van der Waals surface area contributed by atoms with Gasteiger partial charge in [-0.15, -0.1) is 0 Å². The van der Waals surface area contributed by atoms with Gasteiger partial charge >= 0.3 is 5.97 Å². The van der Waals surface area contributed by atoms with Crippen LogP contribution in [0.25, 0.3) is 0 Å². The Balaban J connectivity index is 1.76. The number of hydrogen-bond acceptors (Lipinski definition) is 4. The van der Waals surface area contributed by atoms with Crippen LogP contribution in [0.4, 0.5) is 5.69 Å². The van der Waals surface area contributed by atoms with Gasteiger partial charge in [-0.05, 0) is 19.1 Å². The first-order valence-electron chi connectivity index (χ1n) is 7.70. The van der Waals surface area contributed by atoms with Crippen LogP contribution in [0.1, 0.15) is 30.1 Å². The van der Waals surface area contributed by atoms with E-state index in [9.17, 15) is 14.4 Å². The molecule has 2 aromatic carbocycles. The summed E-state index contributed by atoms with van der Waals surface area (Å²) in [4.78, 5) is 35.7. The summed E-state index contributed by atoms with van der Waals surface area (Å²) in [5.74, 6) is -1.12. The van der Waals surface area contributed by atoms with Crippen molar-refractivity contribution in [3.8, 4) is 0 Å². The molecule has 0 radical (unpaired) electrons. The minimum absolute atomic E-state index is 0.0000247. The van der Waals surface area contributed by atoms with Crippen LogP contribution in [0.15, 0.2) is 60.7 Å². The zero-order valence-corrected chi connectivity index (χ0v) is 13.4. The number of benzene rings is 2. The summed E-state index contributed by atoms with van der Waals surface area (Å²) < 4.78 is 5.10. The molecule has 0 saturated carbocycles. The lowest BCUT2D eigenvalue weighted by Crippen LogP contribution is -2.25. The van der Waals surface area contributed by atoms with Gasteiger partial charge in [0.25, 0.3) is 0 Å². The molecule has 1 N–H and O–H groups in total. The van der Waals surface area contributed by atoms with Crippen molar-refractivity contribution >= 4 is 23.3 Å². The number of carbonyl (C=O) groups excluding carboxylic acids is 3. The highest BCUT2D eigenvalue weighted by Crippen LogP contribution is 2.09. The Hall–Kier alpha value is -2.95. The van der Waals surface area contributed by atoms with Crippen molar-refractivity contribution in [1.82, 2.24) is 0 Å². The fourth-order valence-corrected chi connectivity index (χ4v) is 2.11. The molecule has 0 heterocycles. The van der Waals surface area contributed by atoms with Crippen molar-refractivity contribution in [2.75, 3.05) is 5.32 Å². The monoisotopic (exact) mass is 325 g/mol. The largest absolute Gasteiger partial charge is 0.454 e. The van der Waals surface area contributed by atoms with Gasteiger partial charge < -0.3 is 10.1 Å². The van der Waals surface area contributed by atoms with Crippen LogP contribution in [0.3, 0.4) is 0 Å². The van der Waals surface area contributed by atoms with E-state index < -0.39 is 12.1 Å². The molecule has 1 amide bonds. The Kier molecular flexibility index (Phi) is 6.25. The number of ether oxygens (including phenoxy) is 1. The zero-order chi connectivity index (χ0) is 17.4. The second kappa shape index (κ2) is 8.62. The summed E-state index contributed by atoms with van der Waals surface area (Å²) in [6.45, 7) is 1.53. The average molecular weight is 325 g/mol. The van der Waals surface area contributed by atoms with Gasteiger partial charge in [0.05, 0.1) is 6.42 Å². The molecule has 0 bridgehead atoms. The van der Waals surface area contributed by atoms with E-state index in [-0.39, 0.29) is 24.5 Å². The summed E-state index contributed by atoms with van der Waals surface area (Å²) in [5, 5.41) is 2.69. The number of anilines is 1. The SMILES string of the molecule is CC(OC(=O)CCC(=O)Nc1ccccc1)C(=O)c1ccccc1. The van der Waals surface area contributed by atoms with Gasteiger partial charge in [0, 0.05) is 17.7 Å². The molecule has 2 rings (SSSR count). The van der Waals surface area contributed by atoms with Crippen molar-refractivity contribution in [3.63, 3.8) is 0 Å². The molecule has 0 aromatic heterocycles. The van der Waals surface area contributed by atoms with Crippen LogP contribution in [0.5, 0.6) is 0 Å². The lowest BCUT2D eigenvalue weighted by atomic mass is 10.1. The average Bonchev–Trinajstić information content (AvgIpc) is 2.61. The zero-order valence-electron chi connectivity index (χ0n) is 13.4. The standard InChI is InChI=1S/C19H19NO4/c1-14(19(23)15-8-4-2-5-9-15)24-18(22)13-12-17(21)20-16-10-6-3-7-11-16/h2-11,14H,12-13H2,1H3,(H,20,21). The predicted molar refractivity (Wildman–Crippen MR) is 90.6 cm³/mol. The molecular weight excluding hydrogens is 306 g/mol. The fraction of sp³-hybridized carbons (Fsp3) is 0.211. The van der Waals surface area contributed by atoms with E-state index in [4.69, 9.17) is 4.74 Å². The molecule has 1 atom stereocenters. The minimum Gasteiger partial charge on any atom is -0.454 e. The molecule has 24 heavy (non-hydrogen) atoms. The maximum Gasteiger partial charge on any atom is 0.307 e. The number of para-hydroxylation sites is 1. The summed E-state index contributed by atoms with van der Waals surface area (Å²) >= 11 is 0. The third-order valence-corrected chi connectivity index (χ3v) is 3.35. The lowest BCUT2D eigenvalue weighted by molar-refractivity contribution is -0.147. The van der Waals surface area contributed by atoms with Crippen molar-refractivity contribution in [1.29, 1.82) is 0 Å². The van der Waals surface area contributed by atoms with Crippen LogP contribution in [-0.2, 0) is 14.3 Å². The van der Waals surface area contributed by atoms with Crippen LogP contribution < -0.4 is 5.32 Å². The van der Waals surface area contributed by atoms with Gasteiger partial charge in [0.1, 0.15) is 0 Å². The normalized spacial score (nSPS) is 11.4. The summed E-state index contributed by atoms with van der Waals surface area (Å²) in [6, 6.07) is 17.6. The van der Waals surface area contributed by atoms with Gasteiger partial charge in [-0.1, -0.05) is 48.5 Å². The van der Waals surface area contributed by atoms with Gasteiger partial charge in [0.2, 0.25) is 11.7 Å². The summed E-state index contributed by atoms with van der Waals surface area (Å²) in [7, 11) is 0. The van der Waals surface area contributed by atoms with Crippen molar-refractivity contribution in [3.05, 3.63) is 66.2 Å². The molecule has 0 saturated heterocycles. The Bertz CT molecular complexity index is 698. The second-order valence-electron chi connectivity index (χ2n) is 5.28. The van der Waals surface area contributed by atoms with E-state index >= 15 is 0 Å². The first-order valence-corrected chi connectivity index (χ1v) is 7.70. The molecule has 2 aromatic rings. The Labute approximate surface area is 140 Å². The molecule has 5 heteroatoms. The van der Waals surface area contributed by atoms with Crippen LogP contribution >= 0.6 is 0 Å². The van der Waals surface area contributed by atoms with Crippen molar-refractivity contribution in [2.45, 2.75) is 25.9 Å². The van der Waals surface area contributed by atoms with E-state index in [0.717, 1.165) is 0 Å². The maximum atomic E-state index is 12.1. The van der Waals surface area contributed by atoms with E-state index in [1.807, 2.05) is 6.07 Å². The smallest absolute Gasteiger partial charge is 0.307 e. The van der Waals surface area contributed by atoms with Gasteiger partial charge in [-0.25, -0.2) is 0 Å². The molecule has 0 fully saturated rings. The highest BCUT2D eigenvalue weighted by Gasteiger charge is 2.19. The number of hydrogen-bond donors (Lipinski definition) is 1. The highest BCUT2D eigenvalue weighted by atomic mass is 16.5. The number of Topliss-reactive ketones (excluding diaryl/α,β-unsaturated/α-hetero) is 1. The van der Waals surface area contributed by atoms with Crippen LogP contribution in [0, 0.1) is 0 Å². The lowest BCUT2D eigenvalue weighted by Gasteiger charge is -2.12. The number of rotatable bonds is 7. The van der Waals surface area contributed by atoms with Gasteiger partial charge in [-0.2, -0.15) is 0 Å². The first-order chi connectivity index (χ1) is 11.6. The van der Waals surface area contributed by atoms with Gasteiger partial charge in [-0.3, -0.25) is 14.4 Å². The molecule has 5 nitrogen and oxygen atoms in total. The maximum absolute atomic E-state index is 12.1. The van der Waals surface area contributed by atoms with Crippen molar-refractivity contribution < 1.29 is 19.1 Å². The summed E-state index contributed by atoms with van der Waals surface area (Å²) in [6.07, 6.45) is -0.956. The molecule has 0 aliphatic carbocycles. The third kappa shape index (κ3) is 5.35. The molecule has 124 valence electrons. The third-order valence-electron chi connectivity index (χ3n) is 3.35. The topological polar surface area (TPSA) is 72.5 Å². The predicted octanol–water partition coefficient (Wildman–Crippen LogP) is 3.22. The number of carbonyl (C=O) groups is 3. The number of amides is 1.